The molecule has 1 heterocycles. The molecule has 1 aromatic heterocycles. The SMILES string of the molecule is CCc1ccc(-n2nc3cc(C)c(NC(=O)c4cccc([N+](=O)[O-])c4C)cc3n2)cc1. The zero-order valence-corrected chi connectivity index (χ0v) is 17.4. The summed E-state index contributed by atoms with van der Waals surface area (Å²) in [4.78, 5) is 25.1. The van der Waals surface area contributed by atoms with Crippen molar-refractivity contribution >= 4 is 28.3 Å². The van der Waals surface area contributed by atoms with Gasteiger partial charge in [0.2, 0.25) is 0 Å². The second kappa shape index (κ2) is 7.98. The number of hydrogen-bond acceptors (Lipinski definition) is 5. The van der Waals surface area contributed by atoms with Crippen LogP contribution in [0.4, 0.5) is 11.4 Å². The Morgan fingerprint density at radius 2 is 1.74 bits per heavy atom. The van der Waals surface area contributed by atoms with E-state index < -0.39 is 10.8 Å². The number of aromatic nitrogens is 3. The largest absolute Gasteiger partial charge is 0.322 e. The number of hydrogen-bond donors (Lipinski definition) is 1. The standard InChI is InChI=1S/C23H21N5O3/c1-4-16-8-10-17(11-9-16)27-25-20-12-14(2)19(13-21(20)26-27)24-23(29)18-6-5-7-22(15(18)3)28(30)31/h5-13H,4H2,1-3H3,(H,24,29). The Morgan fingerprint density at radius 1 is 1.06 bits per heavy atom. The molecule has 8 heteroatoms. The van der Waals surface area contributed by atoms with Gasteiger partial charge in [0.15, 0.2) is 0 Å². The minimum absolute atomic E-state index is 0.0862. The van der Waals surface area contributed by atoms with Crippen LogP contribution in [0.1, 0.15) is 34.0 Å². The van der Waals surface area contributed by atoms with Gasteiger partial charge in [-0.25, -0.2) is 0 Å². The zero-order chi connectivity index (χ0) is 22.1. The van der Waals surface area contributed by atoms with Crippen LogP contribution < -0.4 is 5.32 Å². The molecule has 4 rings (SSSR count). The van der Waals surface area contributed by atoms with Gasteiger partial charge in [-0.1, -0.05) is 25.1 Å². The Morgan fingerprint density at radius 3 is 2.39 bits per heavy atom. The maximum atomic E-state index is 12.8. The van der Waals surface area contributed by atoms with Crippen molar-refractivity contribution in [2.24, 2.45) is 0 Å². The lowest BCUT2D eigenvalue weighted by atomic mass is 10.1. The van der Waals surface area contributed by atoms with Gasteiger partial charge in [0.1, 0.15) is 11.0 Å². The summed E-state index contributed by atoms with van der Waals surface area (Å²) in [5, 5.41) is 23.1. The second-order valence-electron chi connectivity index (χ2n) is 7.33. The summed E-state index contributed by atoms with van der Waals surface area (Å²) < 4.78 is 0. The Hall–Kier alpha value is -4.07. The second-order valence-corrected chi connectivity index (χ2v) is 7.33. The molecule has 0 unspecified atom stereocenters. The number of nitro benzene ring substituents is 1. The van der Waals surface area contributed by atoms with E-state index in [1.165, 1.54) is 17.7 Å². The van der Waals surface area contributed by atoms with Gasteiger partial charge in [0, 0.05) is 22.9 Å². The number of fused-ring (bicyclic) bond motifs is 1. The van der Waals surface area contributed by atoms with E-state index in [2.05, 4.69) is 22.4 Å². The van der Waals surface area contributed by atoms with Crippen LogP contribution in [-0.2, 0) is 6.42 Å². The Bertz CT molecular complexity index is 1310. The van der Waals surface area contributed by atoms with E-state index in [-0.39, 0.29) is 11.3 Å². The van der Waals surface area contributed by atoms with Crippen molar-refractivity contribution in [3.63, 3.8) is 0 Å². The van der Waals surface area contributed by atoms with Gasteiger partial charge >= 0.3 is 0 Å². The van der Waals surface area contributed by atoms with Crippen molar-refractivity contribution in [1.29, 1.82) is 0 Å². The first kappa shape index (κ1) is 20.2. The quantitative estimate of drug-likeness (QED) is 0.374. The minimum atomic E-state index is -0.491. The number of carbonyl (C=O) groups excluding carboxylic acids is 1. The van der Waals surface area contributed by atoms with E-state index in [9.17, 15) is 14.9 Å². The molecule has 156 valence electrons. The van der Waals surface area contributed by atoms with Crippen LogP contribution in [0.5, 0.6) is 0 Å². The topological polar surface area (TPSA) is 103 Å². The van der Waals surface area contributed by atoms with Crippen molar-refractivity contribution in [1.82, 2.24) is 15.0 Å². The van der Waals surface area contributed by atoms with E-state index in [4.69, 9.17) is 0 Å². The molecule has 1 amide bonds. The molecule has 0 radical (unpaired) electrons. The van der Waals surface area contributed by atoms with E-state index in [1.807, 2.05) is 37.3 Å². The highest BCUT2D eigenvalue weighted by Crippen LogP contribution is 2.25. The lowest BCUT2D eigenvalue weighted by Crippen LogP contribution is -2.14. The minimum Gasteiger partial charge on any atom is -0.322 e. The molecular formula is C23H21N5O3. The predicted molar refractivity (Wildman–Crippen MR) is 119 cm³/mol. The third-order valence-electron chi connectivity index (χ3n) is 5.30. The van der Waals surface area contributed by atoms with Crippen molar-refractivity contribution in [3.8, 4) is 5.69 Å². The molecule has 1 N–H and O–H groups in total. The van der Waals surface area contributed by atoms with Gasteiger partial charge in [0.05, 0.1) is 10.6 Å². The number of carbonyl (C=O) groups is 1. The Labute approximate surface area is 178 Å². The van der Waals surface area contributed by atoms with Crippen LogP contribution in [0, 0.1) is 24.0 Å². The van der Waals surface area contributed by atoms with Crippen LogP contribution >= 0.6 is 0 Å². The van der Waals surface area contributed by atoms with Crippen LogP contribution in [0.15, 0.2) is 54.6 Å². The van der Waals surface area contributed by atoms with Gasteiger partial charge in [-0.15, -0.1) is 10.2 Å². The number of anilines is 1. The third-order valence-corrected chi connectivity index (χ3v) is 5.30. The molecule has 8 nitrogen and oxygen atoms in total. The van der Waals surface area contributed by atoms with Crippen molar-refractivity contribution in [2.45, 2.75) is 27.2 Å². The highest BCUT2D eigenvalue weighted by Gasteiger charge is 2.19. The summed E-state index contributed by atoms with van der Waals surface area (Å²) in [6.07, 6.45) is 0.959. The average Bonchev–Trinajstić information content (AvgIpc) is 3.16. The molecule has 4 aromatic rings. The fourth-order valence-electron chi connectivity index (χ4n) is 3.44. The molecule has 0 aliphatic rings. The number of rotatable bonds is 5. The van der Waals surface area contributed by atoms with Crippen LogP contribution in [0.2, 0.25) is 0 Å². The van der Waals surface area contributed by atoms with Crippen LogP contribution in [0.25, 0.3) is 16.7 Å². The first-order valence-corrected chi connectivity index (χ1v) is 9.89. The molecule has 0 spiro atoms. The summed E-state index contributed by atoms with van der Waals surface area (Å²) in [5.74, 6) is -0.411. The van der Waals surface area contributed by atoms with Crippen molar-refractivity contribution in [3.05, 3.63) is 87.0 Å². The normalized spacial score (nSPS) is 10.9. The molecule has 0 saturated carbocycles. The maximum absolute atomic E-state index is 12.8. The van der Waals surface area contributed by atoms with Gasteiger partial charge in [-0.3, -0.25) is 14.9 Å². The van der Waals surface area contributed by atoms with Crippen molar-refractivity contribution < 1.29 is 9.72 Å². The highest BCUT2D eigenvalue weighted by atomic mass is 16.6. The van der Waals surface area contributed by atoms with E-state index in [0.717, 1.165) is 17.7 Å². The summed E-state index contributed by atoms with van der Waals surface area (Å²) in [6.45, 7) is 5.53. The molecule has 0 bridgehead atoms. The van der Waals surface area contributed by atoms with Gasteiger partial charge < -0.3 is 5.32 Å². The predicted octanol–water partition coefficient (Wildman–Crippen LogP) is 4.76. The van der Waals surface area contributed by atoms with Gasteiger partial charge in [-0.05, 0) is 61.7 Å². The third kappa shape index (κ3) is 3.87. The van der Waals surface area contributed by atoms with E-state index >= 15 is 0 Å². The summed E-state index contributed by atoms with van der Waals surface area (Å²) in [7, 11) is 0. The summed E-state index contributed by atoms with van der Waals surface area (Å²) >= 11 is 0. The zero-order valence-electron chi connectivity index (χ0n) is 17.4. The number of nitrogens with zero attached hydrogens (tertiary/aromatic N) is 4. The lowest BCUT2D eigenvalue weighted by molar-refractivity contribution is -0.385. The first-order chi connectivity index (χ1) is 14.9. The van der Waals surface area contributed by atoms with Crippen molar-refractivity contribution in [2.75, 3.05) is 5.32 Å². The lowest BCUT2D eigenvalue weighted by Gasteiger charge is -2.10. The molecule has 0 atom stereocenters. The van der Waals surface area contributed by atoms with Gasteiger partial charge in [-0.2, -0.15) is 4.80 Å². The molecule has 0 saturated heterocycles. The molecule has 0 fully saturated rings. The number of nitro groups is 1. The van der Waals surface area contributed by atoms with Crippen LogP contribution in [0.3, 0.4) is 0 Å². The average molecular weight is 415 g/mol. The molecular weight excluding hydrogens is 394 g/mol. The van der Waals surface area contributed by atoms with E-state index in [1.54, 1.807) is 23.9 Å². The first-order valence-electron chi connectivity index (χ1n) is 9.89. The Kier molecular flexibility index (Phi) is 5.21. The Balaban J connectivity index is 1.65. The number of aryl methyl sites for hydroxylation is 2. The highest BCUT2D eigenvalue weighted by molar-refractivity contribution is 6.06. The van der Waals surface area contributed by atoms with E-state index in [0.29, 0.717) is 22.3 Å². The summed E-state index contributed by atoms with van der Waals surface area (Å²) in [6, 6.07) is 16.1. The summed E-state index contributed by atoms with van der Waals surface area (Å²) in [5.41, 5.74) is 5.32. The monoisotopic (exact) mass is 415 g/mol. The molecule has 0 aliphatic heterocycles. The number of nitrogens with one attached hydrogen (secondary N) is 1. The fraction of sp³-hybridized carbons (Fsp3) is 0.174. The van der Waals surface area contributed by atoms with Crippen LogP contribution in [-0.4, -0.2) is 25.8 Å². The van der Waals surface area contributed by atoms with Gasteiger partial charge in [0.25, 0.3) is 11.6 Å². The fourth-order valence-corrected chi connectivity index (χ4v) is 3.44. The number of amides is 1. The molecule has 0 aliphatic carbocycles. The molecule has 3 aromatic carbocycles. The maximum Gasteiger partial charge on any atom is 0.273 e. The smallest absolute Gasteiger partial charge is 0.273 e. The number of benzene rings is 3. The molecule has 31 heavy (non-hydrogen) atoms.